The van der Waals surface area contributed by atoms with E-state index in [1.165, 1.54) is 9.13 Å². The molecule has 0 saturated carbocycles. The van der Waals surface area contributed by atoms with Gasteiger partial charge < -0.3 is 10.6 Å². The molecule has 0 saturated heterocycles. The molecule has 0 aliphatic carbocycles. The first-order chi connectivity index (χ1) is 10.1. The zero-order chi connectivity index (χ0) is 15.1. The molecule has 3 nitrogen and oxygen atoms in total. The summed E-state index contributed by atoms with van der Waals surface area (Å²) >= 11 is 2.26. The van der Waals surface area contributed by atoms with Gasteiger partial charge in [0.05, 0.1) is 6.54 Å². The summed E-state index contributed by atoms with van der Waals surface area (Å²) in [5.41, 5.74) is 2.20. The van der Waals surface area contributed by atoms with Gasteiger partial charge in [0.1, 0.15) is 0 Å². The monoisotopic (exact) mass is 394 g/mol. The number of nitrogens with one attached hydrogen (secondary N) is 2. The maximum atomic E-state index is 11.8. The summed E-state index contributed by atoms with van der Waals surface area (Å²) in [6.07, 6.45) is 0. The van der Waals surface area contributed by atoms with Gasteiger partial charge in [0.25, 0.3) is 0 Å². The Kier molecular flexibility index (Phi) is 6.04. The van der Waals surface area contributed by atoms with Crippen molar-refractivity contribution in [2.75, 3.05) is 18.4 Å². The number of carbonyl (C=O) groups is 1. The molecule has 0 bridgehead atoms. The van der Waals surface area contributed by atoms with Gasteiger partial charge in [-0.2, -0.15) is 0 Å². The van der Waals surface area contributed by atoms with Gasteiger partial charge in [-0.1, -0.05) is 37.3 Å². The zero-order valence-electron chi connectivity index (χ0n) is 12.0. The molecule has 0 spiro atoms. The second-order valence-electron chi connectivity index (χ2n) is 4.98. The fourth-order valence-electron chi connectivity index (χ4n) is 1.98. The molecule has 0 radical (unpaired) electrons. The molecule has 0 aliphatic heterocycles. The Bertz CT molecular complexity index is 569. The molecule has 2 aromatic rings. The number of halogens is 1. The maximum Gasteiger partial charge on any atom is 0.239 e. The summed E-state index contributed by atoms with van der Waals surface area (Å²) in [6, 6.07) is 18.2. The quantitative estimate of drug-likeness (QED) is 0.735. The molecule has 0 unspecified atom stereocenters. The molecule has 0 aromatic heterocycles. The first kappa shape index (κ1) is 15.8. The van der Waals surface area contributed by atoms with E-state index < -0.39 is 0 Å². The number of rotatable bonds is 6. The summed E-state index contributed by atoms with van der Waals surface area (Å²) in [7, 11) is 0. The van der Waals surface area contributed by atoms with Crippen LogP contribution < -0.4 is 10.6 Å². The second-order valence-corrected chi connectivity index (χ2v) is 6.22. The first-order valence-corrected chi connectivity index (χ1v) is 8.04. The summed E-state index contributed by atoms with van der Waals surface area (Å²) in [4.78, 5) is 11.8. The predicted octanol–water partition coefficient (Wildman–Crippen LogP) is 3.62. The van der Waals surface area contributed by atoms with Crippen molar-refractivity contribution in [3.63, 3.8) is 0 Å². The van der Waals surface area contributed by atoms with Gasteiger partial charge in [-0.15, -0.1) is 0 Å². The van der Waals surface area contributed by atoms with E-state index in [1.807, 2.05) is 42.5 Å². The third-order valence-corrected chi connectivity index (χ3v) is 3.99. The lowest BCUT2D eigenvalue weighted by molar-refractivity contribution is -0.119. The van der Waals surface area contributed by atoms with Crippen LogP contribution in [0.1, 0.15) is 18.4 Å². The normalized spacial score (nSPS) is 11.7. The van der Waals surface area contributed by atoms with Gasteiger partial charge in [-0.3, -0.25) is 4.79 Å². The van der Waals surface area contributed by atoms with Gasteiger partial charge in [0.15, 0.2) is 0 Å². The Balaban J connectivity index is 1.73. The predicted molar refractivity (Wildman–Crippen MR) is 95.5 cm³/mol. The summed E-state index contributed by atoms with van der Waals surface area (Å²) in [5.74, 6) is 0.324. The highest BCUT2D eigenvalue weighted by atomic mass is 127. The van der Waals surface area contributed by atoms with Crippen LogP contribution in [0.3, 0.4) is 0 Å². The van der Waals surface area contributed by atoms with Crippen molar-refractivity contribution in [1.82, 2.24) is 5.32 Å². The Hall–Kier alpha value is -1.56. The van der Waals surface area contributed by atoms with Gasteiger partial charge in [0, 0.05) is 15.8 Å². The van der Waals surface area contributed by atoms with E-state index in [0.717, 1.165) is 5.69 Å². The lowest BCUT2D eigenvalue weighted by Crippen LogP contribution is -2.32. The minimum absolute atomic E-state index is 0.0105. The van der Waals surface area contributed by atoms with Crippen LogP contribution in [0.2, 0.25) is 0 Å². The Morgan fingerprint density at radius 3 is 2.43 bits per heavy atom. The standard InChI is InChI=1S/C17H19IN2O/c1-13(14-5-3-2-4-6-14)11-20-17(21)12-19-16-9-7-15(18)8-10-16/h2-10,13,19H,11-12H2,1H3,(H,20,21)/t13-/m1/s1. The first-order valence-electron chi connectivity index (χ1n) is 6.96. The molecule has 0 aliphatic rings. The molecular formula is C17H19IN2O. The lowest BCUT2D eigenvalue weighted by atomic mass is 10.0. The van der Waals surface area contributed by atoms with Crippen molar-refractivity contribution in [2.24, 2.45) is 0 Å². The highest BCUT2D eigenvalue weighted by molar-refractivity contribution is 14.1. The van der Waals surface area contributed by atoms with E-state index >= 15 is 0 Å². The minimum Gasteiger partial charge on any atom is -0.376 e. The highest BCUT2D eigenvalue weighted by Crippen LogP contribution is 2.13. The molecule has 0 fully saturated rings. The molecule has 21 heavy (non-hydrogen) atoms. The van der Waals surface area contributed by atoms with Crippen LogP contribution in [0.15, 0.2) is 54.6 Å². The Labute approximate surface area is 139 Å². The van der Waals surface area contributed by atoms with Crippen molar-refractivity contribution in [1.29, 1.82) is 0 Å². The fourth-order valence-corrected chi connectivity index (χ4v) is 2.34. The molecule has 2 aromatic carbocycles. The smallest absolute Gasteiger partial charge is 0.239 e. The molecule has 1 atom stereocenters. The van der Waals surface area contributed by atoms with Crippen LogP contribution in [-0.4, -0.2) is 19.0 Å². The average molecular weight is 394 g/mol. The van der Waals surface area contributed by atoms with E-state index in [2.05, 4.69) is 52.3 Å². The highest BCUT2D eigenvalue weighted by Gasteiger charge is 2.07. The largest absolute Gasteiger partial charge is 0.376 e. The van der Waals surface area contributed by atoms with Gasteiger partial charge in [-0.25, -0.2) is 0 Å². The van der Waals surface area contributed by atoms with Crippen LogP contribution in [0, 0.1) is 3.57 Å². The molecule has 2 N–H and O–H groups in total. The summed E-state index contributed by atoms with van der Waals surface area (Å²) in [6.45, 7) is 3.06. The second kappa shape index (κ2) is 8.02. The number of benzene rings is 2. The minimum atomic E-state index is 0.0105. The van der Waals surface area contributed by atoms with Crippen molar-refractivity contribution >= 4 is 34.2 Å². The Morgan fingerprint density at radius 1 is 1.10 bits per heavy atom. The zero-order valence-corrected chi connectivity index (χ0v) is 14.1. The summed E-state index contributed by atoms with van der Waals surface area (Å²) < 4.78 is 1.18. The SMILES string of the molecule is C[C@H](CNC(=O)CNc1ccc(I)cc1)c1ccccc1. The lowest BCUT2D eigenvalue weighted by Gasteiger charge is -2.13. The number of hydrogen-bond donors (Lipinski definition) is 2. The van der Waals surface area contributed by atoms with Gasteiger partial charge in [0.2, 0.25) is 5.91 Å². The molecule has 4 heteroatoms. The Morgan fingerprint density at radius 2 is 1.76 bits per heavy atom. The molecule has 2 rings (SSSR count). The number of amides is 1. The van der Waals surface area contributed by atoms with Crippen molar-refractivity contribution < 1.29 is 4.79 Å². The number of anilines is 1. The maximum absolute atomic E-state index is 11.8. The molecule has 1 amide bonds. The van der Waals surface area contributed by atoms with Gasteiger partial charge >= 0.3 is 0 Å². The van der Waals surface area contributed by atoms with E-state index in [9.17, 15) is 4.79 Å². The molecule has 110 valence electrons. The topological polar surface area (TPSA) is 41.1 Å². The third kappa shape index (κ3) is 5.38. The average Bonchev–Trinajstić information content (AvgIpc) is 2.53. The van der Waals surface area contributed by atoms with Crippen LogP contribution in [0.25, 0.3) is 0 Å². The van der Waals surface area contributed by atoms with E-state index in [4.69, 9.17) is 0 Å². The van der Waals surface area contributed by atoms with Crippen LogP contribution in [-0.2, 0) is 4.79 Å². The van der Waals surface area contributed by atoms with E-state index in [0.29, 0.717) is 19.0 Å². The van der Waals surface area contributed by atoms with Crippen molar-refractivity contribution in [3.8, 4) is 0 Å². The molecular weight excluding hydrogens is 375 g/mol. The van der Waals surface area contributed by atoms with Crippen LogP contribution in [0.5, 0.6) is 0 Å². The van der Waals surface area contributed by atoms with E-state index in [-0.39, 0.29) is 5.91 Å². The van der Waals surface area contributed by atoms with Crippen LogP contribution >= 0.6 is 22.6 Å². The van der Waals surface area contributed by atoms with Crippen molar-refractivity contribution in [2.45, 2.75) is 12.8 Å². The van der Waals surface area contributed by atoms with Crippen molar-refractivity contribution in [3.05, 3.63) is 63.7 Å². The summed E-state index contributed by atoms with van der Waals surface area (Å²) in [5, 5.41) is 6.08. The van der Waals surface area contributed by atoms with Gasteiger partial charge in [-0.05, 0) is 58.3 Å². The number of carbonyl (C=O) groups excluding carboxylic acids is 1. The van der Waals surface area contributed by atoms with E-state index in [1.54, 1.807) is 0 Å². The third-order valence-electron chi connectivity index (χ3n) is 3.27. The fraction of sp³-hybridized carbons (Fsp3) is 0.235. The molecule has 0 heterocycles. The van der Waals surface area contributed by atoms with Crippen LogP contribution in [0.4, 0.5) is 5.69 Å². The number of hydrogen-bond acceptors (Lipinski definition) is 2.